The summed E-state index contributed by atoms with van der Waals surface area (Å²) in [4.78, 5) is 10.2. The monoisotopic (exact) mass is 166 g/mol. The van der Waals surface area contributed by atoms with E-state index in [0.29, 0.717) is 13.2 Å². The van der Waals surface area contributed by atoms with E-state index in [1.807, 2.05) is 0 Å². The Morgan fingerprint density at radius 3 is 2.67 bits per heavy atom. The number of allylic oxidation sites excluding steroid dienone is 1. The summed E-state index contributed by atoms with van der Waals surface area (Å²) in [5, 5.41) is 0. The third kappa shape index (κ3) is 4.37. The summed E-state index contributed by atoms with van der Waals surface area (Å²) in [5.74, 6) is 0.565. The molecule has 0 saturated carbocycles. The van der Waals surface area contributed by atoms with Crippen LogP contribution in [-0.4, -0.2) is 13.5 Å². The van der Waals surface area contributed by atoms with Crippen molar-refractivity contribution in [3.8, 4) is 0 Å². The number of carbonyl (C=O) groups is 1. The minimum absolute atomic E-state index is 0.544. The summed E-state index contributed by atoms with van der Waals surface area (Å²) in [7, 11) is 0.544. The van der Waals surface area contributed by atoms with Crippen LogP contribution in [0.2, 0.25) is 0 Å². The van der Waals surface area contributed by atoms with Gasteiger partial charge < -0.3 is 4.79 Å². The molecule has 0 amide bonds. The van der Waals surface area contributed by atoms with Crippen molar-refractivity contribution in [3.63, 3.8) is 0 Å². The van der Waals surface area contributed by atoms with Crippen molar-refractivity contribution in [2.75, 3.05) is 0 Å². The molecule has 2 heteroatoms. The Morgan fingerprint density at radius 2 is 2.25 bits per heavy atom. The fourth-order valence-corrected chi connectivity index (χ4v) is 1.42. The standard InChI is InChI=1S/C10H19BO/c1-4-6-7-10(5-2)9(3)11-8-12/h8,10-11H,3-7H2,1-2H3. The van der Waals surface area contributed by atoms with Gasteiger partial charge in [0.1, 0.15) is 0 Å². The molecule has 0 aliphatic carbocycles. The van der Waals surface area contributed by atoms with Crippen LogP contribution in [0.15, 0.2) is 12.1 Å². The van der Waals surface area contributed by atoms with E-state index in [-0.39, 0.29) is 0 Å². The molecule has 0 heterocycles. The normalized spacial score (nSPS) is 12.2. The lowest BCUT2D eigenvalue weighted by Crippen LogP contribution is -2.09. The Balaban J connectivity index is 3.78. The van der Waals surface area contributed by atoms with Gasteiger partial charge in [0.25, 0.3) is 0 Å². The molecule has 0 aromatic heterocycles. The number of hydrogen-bond donors (Lipinski definition) is 0. The molecular weight excluding hydrogens is 147 g/mol. The second-order valence-electron chi connectivity index (χ2n) is 3.28. The summed E-state index contributed by atoms with van der Waals surface area (Å²) >= 11 is 0. The van der Waals surface area contributed by atoms with Gasteiger partial charge in [-0.25, -0.2) is 0 Å². The highest BCUT2D eigenvalue weighted by molar-refractivity contribution is 6.73. The minimum atomic E-state index is 0.544. The summed E-state index contributed by atoms with van der Waals surface area (Å²) < 4.78 is 0. The lowest BCUT2D eigenvalue weighted by molar-refractivity contribution is 0.531. The SMILES string of the molecule is C=C(BC=O)C(CC)CCCC. The van der Waals surface area contributed by atoms with Crippen LogP contribution in [0.25, 0.3) is 0 Å². The Morgan fingerprint density at radius 1 is 1.58 bits per heavy atom. The van der Waals surface area contributed by atoms with Crippen LogP contribution >= 0.6 is 0 Å². The van der Waals surface area contributed by atoms with E-state index in [0.717, 1.165) is 18.1 Å². The summed E-state index contributed by atoms with van der Waals surface area (Å²) in [5.41, 5.74) is 1.11. The maximum atomic E-state index is 10.2. The fraction of sp³-hybridized carbons (Fsp3) is 0.700. The first-order chi connectivity index (χ1) is 5.76. The summed E-state index contributed by atoms with van der Waals surface area (Å²) in [6, 6.07) is 0. The van der Waals surface area contributed by atoms with Crippen LogP contribution in [0.5, 0.6) is 0 Å². The van der Waals surface area contributed by atoms with Crippen LogP contribution in [0.3, 0.4) is 0 Å². The average molecular weight is 166 g/mol. The van der Waals surface area contributed by atoms with E-state index < -0.39 is 0 Å². The highest BCUT2D eigenvalue weighted by Crippen LogP contribution is 2.18. The molecule has 1 atom stereocenters. The van der Waals surface area contributed by atoms with Crippen molar-refractivity contribution in [2.45, 2.75) is 39.5 Å². The third-order valence-electron chi connectivity index (χ3n) is 2.32. The van der Waals surface area contributed by atoms with E-state index in [9.17, 15) is 4.79 Å². The van der Waals surface area contributed by atoms with Gasteiger partial charge in [-0.3, -0.25) is 0 Å². The quantitative estimate of drug-likeness (QED) is 0.419. The van der Waals surface area contributed by atoms with E-state index in [2.05, 4.69) is 20.4 Å². The average Bonchev–Trinajstić information content (AvgIpc) is 2.06. The van der Waals surface area contributed by atoms with Crippen LogP contribution in [0.1, 0.15) is 39.5 Å². The largest absolute Gasteiger partial charge is 0.315 e. The van der Waals surface area contributed by atoms with Crippen LogP contribution in [-0.2, 0) is 4.79 Å². The molecule has 0 rings (SSSR count). The molecule has 0 N–H and O–H groups in total. The van der Waals surface area contributed by atoms with Crippen molar-refractivity contribution >= 4 is 13.5 Å². The number of rotatable bonds is 7. The molecule has 0 fully saturated rings. The first-order valence-corrected chi connectivity index (χ1v) is 4.87. The van der Waals surface area contributed by atoms with Crippen LogP contribution in [0, 0.1) is 5.92 Å². The Hall–Kier alpha value is -0.525. The molecule has 0 radical (unpaired) electrons. The zero-order chi connectivity index (χ0) is 9.40. The minimum Gasteiger partial charge on any atom is -0.315 e. The molecule has 12 heavy (non-hydrogen) atoms. The highest BCUT2D eigenvalue weighted by atomic mass is 16.1. The van der Waals surface area contributed by atoms with Gasteiger partial charge in [0.2, 0.25) is 7.28 Å². The Bertz CT molecular complexity index is 143. The fourth-order valence-electron chi connectivity index (χ4n) is 1.42. The van der Waals surface area contributed by atoms with E-state index in [1.54, 1.807) is 0 Å². The highest BCUT2D eigenvalue weighted by Gasteiger charge is 2.09. The molecule has 0 spiro atoms. The zero-order valence-electron chi connectivity index (χ0n) is 8.31. The molecular formula is C10H19BO. The lowest BCUT2D eigenvalue weighted by Gasteiger charge is -2.14. The summed E-state index contributed by atoms with van der Waals surface area (Å²) in [6.07, 6.45) is 5.74. The topological polar surface area (TPSA) is 17.1 Å². The van der Waals surface area contributed by atoms with Crippen molar-refractivity contribution < 1.29 is 4.79 Å². The van der Waals surface area contributed by atoms with Crippen LogP contribution in [0.4, 0.5) is 0 Å². The second-order valence-corrected chi connectivity index (χ2v) is 3.28. The van der Waals surface area contributed by atoms with Crippen molar-refractivity contribution in [3.05, 3.63) is 12.1 Å². The van der Waals surface area contributed by atoms with Gasteiger partial charge in [0.15, 0.2) is 0 Å². The smallest absolute Gasteiger partial charge is 0.229 e. The van der Waals surface area contributed by atoms with Crippen molar-refractivity contribution in [1.82, 2.24) is 0 Å². The molecule has 0 saturated heterocycles. The van der Waals surface area contributed by atoms with Gasteiger partial charge in [-0.15, -0.1) is 12.1 Å². The molecule has 0 aliphatic heterocycles. The predicted molar refractivity (Wildman–Crippen MR) is 56.3 cm³/mol. The van der Waals surface area contributed by atoms with Crippen molar-refractivity contribution in [1.29, 1.82) is 0 Å². The number of hydrogen-bond acceptors (Lipinski definition) is 1. The molecule has 0 aliphatic rings. The van der Waals surface area contributed by atoms with Gasteiger partial charge in [0, 0.05) is 0 Å². The first-order valence-electron chi connectivity index (χ1n) is 4.87. The van der Waals surface area contributed by atoms with Gasteiger partial charge in [0.05, 0.1) is 6.19 Å². The van der Waals surface area contributed by atoms with Gasteiger partial charge in [-0.2, -0.15) is 0 Å². The summed E-state index contributed by atoms with van der Waals surface area (Å²) in [6.45, 7) is 8.29. The number of unbranched alkanes of at least 4 members (excludes halogenated alkanes) is 1. The van der Waals surface area contributed by atoms with Gasteiger partial charge in [-0.1, -0.05) is 33.1 Å². The lowest BCUT2D eigenvalue weighted by atomic mass is 9.65. The van der Waals surface area contributed by atoms with Crippen molar-refractivity contribution in [2.24, 2.45) is 5.92 Å². The molecule has 68 valence electrons. The zero-order valence-corrected chi connectivity index (χ0v) is 8.31. The Kier molecular flexibility index (Phi) is 6.83. The molecule has 1 nitrogen and oxygen atoms in total. The van der Waals surface area contributed by atoms with E-state index in [4.69, 9.17) is 0 Å². The second kappa shape index (κ2) is 7.14. The molecule has 1 unspecified atom stereocenters. The van der Waals surface area contributed by atoms with Crippen LogP contribution < -0.4 is 0 Å². The Labute approximate surface area is 76.5 Å². The number of carbonyl (C=O) groups excluding carboxylic acids is 1. The van der Waals surface area contributed by atoms with Gasteiger partial charge >= 0.3 is 0 Å². The predicted octanol–water partition coefficient (Wildman–Crippen LogP) is 2.34. The molecule has 0 aromatic rings. The van der Waals surface area contributed by atoms with E-state index >= 15 is 0 Å². The molecule has 0 bridgehead atoms. The van der Waals surface area contributed by atoms with Gasteiger partial charge in [-0.05, 0) is 12.3 Å². The van der Waals surface area contributed by atoms with E-state index in [1.165, 1.54) is 19.3 Å². The first kappa shape index (κ1) is 11.5. The maximum absolute atomic E-state index is 10.2. The maximum Gasteiger partial charge on any atom is 0.229 e. The molecule has 0 aromatic carbocycles. The third-order valence-corrected chi connectivity index (χ3v) is 2.32.